The van der Waals surface area contributed by atoms with Crippen LogP contribution in [0.1, 0.15) is 31.0 Å². The lowest BCUT2D eigenvalue weighted by atomic mass is 10.1. The van der Waals surface area contributed by atoms with Crippen molar-refractivity contribution in [3.05, 3.63) is 42.2 Å². The standard InChI is InChI=1S/C13H20N2/c1-4-5-8-12(3)15-10-13-11(2)7-6-9-14-13/h4,6-7,9,12,15H,1,5,8,10H2,2-3H3. The van der Waals surface area contributed by atoms with Crippen molar-refractivity contribution >= 4 is 0 Å². The lowest BCUT2D eigenvalue weighted by Gasteiger charge is -2.13. The second kappa shape index (κ2) is 6.36. The van der Waals surface area contributed by atoms with Crippen LogP contribution >= 0.6 is 0 Å². The van der Waals surface area contributed by atoms with Crippen LogP contribution in [0.25, 0.3) is 0 Å². The van der Waals surface area contributed by atoms with Crippen LogP contribution in [0.3, 0.4) is 0 Å². The molecule has 82 valence electrons. The van der Waals surface area contributed by atoms with Crippen molar-refractivity contribution in [3.63, 3.8) is 0 Å². The summed E-state index contributed by atoms with van der Waals surface area (Å²) in [6.07, 6.45) is 6.01. The van der Waals surface area contributed by atoms with Crippen molar-refractivity contribution in [2.75, 3.05) is 0 Å². The molecule has 1 aromatic heterocycles. The maximum absolute atomic E-state index is 4.35. The third-order valence-electron chi connectivity index (χ3n) is 2.54. The molecule has 1 atom stereocenters. The fraction of sp³-hybridized carbons (Fsp3) is 0.462. The Balaban J connectivity index is 2.36. The minimum absolute atomic E-state index is 0.518. The van der Waals surface area contributed by atoms with E-state index in [1.165, 1.54) is 5.56 Å². The fourth-order valence-electron chi connectivity index (χ4n) is 1.44. The summed E-state index contributed by atoms with van der Waals surface area (Å²) in [5.41, 5.74) is 2.39. The van der Waals surface area contributed by atoms with Gasteiger partial charge in [-0.1, -0.05) is 12.1 Å². The molecule has 0 spiro atoms. The number of nitrogens with one attached hydrogen (secondary N) is 1. The van der Waals surface area contributed by atoms with E-state index in [0.29, 0.717) is 6.04 Å². The van der Waals surface area contributed by atoms with Crippen LogP contribution < -0.4 is 5.32 Å². The molecule has 1 aromatic rings. The van der Waals surface area contributed by atoms with Crippen molar-refractivity contribution in [1.29, 1.82) is 0 Å². The highest BCUT2D eigenvalue weighted by Gasteiger charge is 2.02. The first-order valence-electron chi connectivity index (χ1n) is 5.49. The predicted molar refractivity (Wildman–Crippen MR) is 64.7 cm³/mol. The fourth-order valence-corrected chi connectivity index (χ4v) is 1.44. The van der Waals surface area contributed by atoms with E-state index in [1.54, 1.807) is 0 Å². The molecule has 1 rings (SSSR count). The van der Waals surface area contributed by atoms with Gasteiger partial charge in [0.05, 0.1) is 5.69 Å². The van der Waals surface area contributed by atoms with E-state index in [9.17, 15) is 0 Å². The highest BCUT2D eigenvalue weighted by atomic mass is 14.9. The van der Waals surface area contributed by atoms with Crippen molar-refractivity contribution in [3.8, 4) is 0 Å². The lowest BCUT2D eigenvalue weighted by molar-refractivity contribution is 0.512. The van der Waals surface area contributed by atoms with Crippen LogP contribution in [-0.2, 0) is 6.54 Å². The third-order valence-corrected chi connectivity index (χ3v) is 2.54. The molecule has 0 fully saturated rings. The van der Waals surface area contributed by atoms with Crippen molar-refractivity contribution in [2.45, 2.75) is 39.3 Å². The Morgan fingerprint density at radius 3 is 3.07 bits per heavy atom. The Labute approximate surface area is 92.4 Å². The van der Waals surface area contributed by atoms with Crippen LogP contribution in [0, 0.1) is 6.92 Å². The molecule has 0 radical (unpaired) electrons. The third kappa shape index (κ3) is 4.26. The molecule has 0 saturated carbocycles. The summed E-state index contributed by atoms with van der Waals surface area (Å²) in [5.74, 6) is 0. The van der Waals surface area contributed by atoms with Crippen molar-refractivity contribution < 1.29 is 0 Å². The minimum Gasteiger partial charge on any atom is -0.309 e. The number of allylic oxidation sites excluding steroid dienone is 1. The predicted octanol–water partition coefficient (Wildman–Crippen LogP) is 2.83. The van der Waals surface area contributed by atoms with E-state index in [0.717, 1.165) is 25.1 Å². The topological polar surface area (TPSA) is 24.9 Å². The summed E-state index contributed by atoms with van der Waals surface area (Å²) >= 11 is 0. The van der Waals surface area contributed by atoms with Gasteiger partial charge in [0, 0.05) is 18.8 Å². The first kappa shape index (κ1) is 11.9. The van der Waals surface area contributed by atoms with Gasteiger partial charge in [0.15, 0.2) is 0 Å². The first-order valence-corrected chi connectivity index (χ1v) is 5.49. The zero-order chi connectivity index (χ0) is 11.1. The second-order valence-electron chi connectivity index (χ2n) is 3.91. The maximum Gasteiger partial charge on any atom is 0.0570 e. The van der Waals surface area contributed by atoms with Crippen LogP contribution in [0.15, 0.2) is 31.0 Å². The summed E-state index contributed by atoms with van der Waals surface area (Å²) < 4.78 is 0. The maximum atomic E-state index is 4.35. The molecular formula is C13H20N2. The number of nitrogens with zero attached hydrogens (tertiary/aromatic N) is 1. The minimum atomic E-state index is 0.518. The molecular weight excluding hydrogens is 184 g/mol. The lowest BCUT2D eigenvalue weighted by Crippen LogP contribution is -2.25. The zero-order valence-electron chi connectivity index (χ0n) is 9.66. The number of hydrogen-bond donors (Lipinski definition) is 1. The van der Waals surface area contributed by atoms with Gasteiger partial charge >= 0.3 is 0 Å². The van der Waals surface area contributed by atoms with Crippen molar-refractivity contribution in [2.24, 2.45) is 0 Å². The van der Waals surface area contributed by atoms with Gasteiger partial charge in [-0.05, 0) is 38.3 Å². The van der Waals surface area contributed by atoms with E-state index < -0.39 is 0 Å². The monoisotopic (exact) mass is 204 g/mol. The number of pyridine rings is 1. The number of aromatic nitrogens is 1. The molecule has 15 heavy (non-hydrogen) atoms. The summed E-state index contributed by atoms with van der Waals surface area (Å²) in [5, 5.41) is 3.46. The summed E-state index contributed by atoms with van der Waals surface area (Å²) in [7, 11) is 0. The van der Waals surface area contributed by atoms with Gasteiger partial charge in [0.2, 0.25) is 0 Å². The Morgan fingerprint density at radius 1 is 1.60 bits per heavy atom. The average Bonchev–Trinajstić information content (AvgIpc) is 2.25. The molecule has 2 heteroatoms. The van der Waals surface area contributed by atoms with Gasteiger partial charge in [-0.2, -0.15) is 0 Å². The van der Waals surface area contributed by atoms with Gasteiger partial charge in [0.25, 0.3) is 0 Å². The zero-order valence-corrected chi connectivity index (χ0v) is 9.66. The van der Waals surface area contributed by atoms with E-state index in [1.807, 2.05) is 18.3 Å². The average molecular weight is 204 g/mol. The number of aryl methyl sites for hydroxylation is 1. The smallest absolute Gasteiger partial charge is 0.0570 e. The van der Waals surface area contributed by atoms with Gasteiger partial charge in [-0.15, -0.1) is 6.58 Å². The van der Waals surface area contributed by atoms with Crippen molar-refractivity contribution in [1.82, 2.24) is 10.3 Å². The Bertz CT molecular complexity index is 307. The number of hydrogen-bond acceptors (Lipinski definition) is 2. The highest BCUT2D eigenvalue weighted by molar-refractivity contribution is 5.17. The van der Waals surface area contributed by atoms with Gasteiger partial charge in [-0.25, -0.2) is 0 Å². The Hall–Kier alpha value is -1.15. The Kier molecular flexibility index (Phi) is 5.05. The quantitative estimate of drug-likeness (QED) is 0.721. The van der Waals surface area contributed by atoms with E-state index in [-0.39, 0.29) is 0 Å². The van der Waals surface area contributed by atoms with E-state index in [2.05, 4.69) is 36.8 Å². The largest absolute Gasteiger partial charge is 0.309 e. The molecule has 0 amide bonds. The normalized spacial score (nSPS) is 12.4. The molecule has 0 aliphatic heterocycles. The molecule has 0 aliphatic rings. The Morgan fingerprint density at radius 2 is 2.40 bits per heavy atom. The molecule has 0 saturated heterocycles. The highest BCUT2D eigenvalue weighted by Crippen LogP contribution is 2.04. The van der Waals surface area contributed by atoms with Gasteiger partial charge < -0.3 is 5.32 Å². The molecule has 0 bridgehead atoms. The van der Waals surface area contributed by atoms with Crippen LogP contribution in [0.4, 0.5) is 0 Å². The van der Waals surface area contributed by atoms with Gasteiger partial charge in [0.1, 0.15) is 0 Å². The second-order valence-corrected chi connectivity index (χ2v) is 3.91. The van der Waals surface area contributed by atoms with E-state index >= 15 is 0 Å². The van der Waals surface area contributed by atoms with Crippen LogP contribution in [-0.4, -0.2) is 11.0 Å². The summed E-state index contributed by atoms with van der Waals surface area (Å²) in [6, 6.07) is 4.59. The molecule has 1 heterocycles. The molecule has 1 unspecified atom stereocenters. The molecule has 1 N–H and O–H groups in total. The summed E-state index contributed by atoms with van der Waals surface area (Å²) in [4.78, 5) is 4.35. The molecule has 0 aromatic carbocycles. The summed E-state index contributed by atoms with van der Waals surface area (Å²) in [6.45, 7) is 8.87. The SMILES string of the molecule is C=CCCC(C)NCc1ncccc1C. The number of rotatable bonds is 6. The van der Waals surface area contributed by atoms with Crippen LogP contribution in [0.5, 0.6) is 0 Å². The van der Waals surface area contributed by atoms with Crippen LogP contribution in [0.2, 0.25) is 0 Å². The molecule has 0 aliphatic carbocycles. The van der Waals surface area contributed by atoms with E-state index in [4.69, 9.17) is 0 Å². The van der Waals surface area contributed by atoms with Gasteiger partial charge in [-0.3, -0.25) is 4.98 Å². The first-order chi connectivity index (χ1) is 7.24. The molecule has 2 nitrogen and oxygen atoms in total.